The van der Waals surface area contributed by atoms with E-state index in [1.165, 1.54) is 12.1 Å². The molecule has 0 amide bonds. The van der Waals surface area contributed by atoms with Crippen molar-refractivity contribution in [1.82, 2.24) is 9.78 Å². The van der Waals surface area contributed by atoms with Crippen LogP contribution < -0.4 is 10.5 Å². The van der Waals surface area contributed by atoms with Crippen LogP contribution in [0.4, 0.5) is 4.39 Å². The van der Waals surface area contributed by atoms with Crippen molar-refractivity contribution in [1.29, 1.82) is 0 Å². The van der Waals surface area contributed by atoms with Gasteiger partial charge in [0.2, 0.25) is 0 Å². The average molecular weight is 307 g/mol. The molecular weight excluding hydrogens is 289 g/mol. The van der Waals surface area contributed by atoms with Crippen LogP contribution in [0.15, 0.2) is 24.3 Å². The Morgan fingerprint density at radius 3 is 2.71 bits per heavy atom. The van der Waals surface area contributed by atoms with Gasteiger partial charge in [0.05, 0.1) is 11.4 Å². The van der Waals surface area contributed by atoms with E-state index in [2.05, 4.69) is 12.0 Å². The molecule has 1 aromatic heterocycles. The zero-order valence-electron chi connectivity index (χ0n) is 12.1. The van der Waals surface area contributed by atoms with Gasteiger partial charge in [0.1, 0.15) is 23.2 Å². The number of hydrogen-bond acceptors (Lipinski definition) is 3. The highest BCUT2D eigenvalue weighted by Gasteiger charge is 2.09. The predicted octanol–water partition coefficient (Wildman–Crippen LogP) is 2.82. The number of benzene rings is 1. The Bertz CT molecular complexity index is 654. The van der Waals surface area contributed by atoms with Crippen LogP contribution in [0.5, 0.6) is 5.75 Å². The summed E-state index contributed by atoms with van der Waals surface area (Å²) in [5.41, 5.74) is 7.64. The average Bonchev–Trinajstić information content (AvgIpc) is 2.87. The summed E-state index contributed by atoms with van der Waals surface area (Å²) in [6.45, 7) is 5.18. The van der Waals surface area contributed by atoms with Gasteiger partial charge in [-0.15, -0.1) is 0 Å². The SMILES string of the molecule is CCc1cc(COc2ccc(C(N)=S)c(F)c2)n(CC)n1. The van der Waals surface area contributed by atoms with Crippen molar-refractivity contribution >= 4 is 17.2 Å². The predicted molar refractivity (Wildman–Crippen MR) is 83.9 cm³/mol. The Morgan fingerprint density at radius 2 is 2.14 bits per heavy atom. The molecule has 4 nitrogen and oxygen atoms in total. The summed E-state index contributed by atoms with van der Waals surface area (Å²) >= 11 is 4.77. The van der Waals surface area contributed by atoms with Crippen molar-refractivity contribution in [2.45, 2.75) is 33.4 Å². The normalized spacial score (nSPS) is 10.6. The molecule has 21 heavy (non-hydrogen) atoms. The van der Waals surface area contributed by atoms with Gasteiger partial charge in [-0.25, -0.2) is 4.39 Å². The fourth-order valence-electron chi connectivity index (χ4n) is 2.02. The summed E-state index contributed by atoms with van der Waals surface area (Å²) in [6.07, 6.45) is 0.872. The number of ether oxygens (including phenoxy) is 1. The van der Waals surface area contributed by atoms with Gasteiger partial charge in [-0.2, -0.15) is 5.10 Å². The van der Waals surface area contributed by atoms with Gasteiger partial charge in [0.25, 0.3) is 0 Å². The maximum Gasteiger partial charge on any atom is 0.137 e. The second-order valence-corrected chi connectivity index (χ2v) is 5.03. The molecular formula is C15H18FN3OS. The van der Waals surface area contributed by atoms with Crippen LogP contribution in [0.2, 0.25) is 0 Å². The Kier molecular flexibility index (Phi) is 4.90. The number of aryl methyl sites for hydroxylation is 2. The largest absolute Gasteiger partial charge is 0.487 e. The highest BCUT2D eigenvalue weighted by atomic mass is 32.1. The van der Waals surface area contributed by atoms with E-state index in [0.717, 1.165) is 24.4 Å². The van der Waals surface area contributed by atoms with Gasteiger partial charge in [-0.1, -0.05) is 19.1 Å². The summed E-state index contributed by atoms with van der Waals surface area (Å²) in [4.78, 5) is 0.0377. The van der Waals surface area contributed by atoms with Gasteiger partial charge in [0, 0.05) is 18.2 Å². The highest BCUT2D eigenvalue weighted by Crippen LogP contribution is 2.18. The van der Waals surface area contributed by atoms with Crippen LogP contribution in [0, 0.1) is 5.82 Å². The van der Waals surface area contributed by atoms with Crippen LogP contribution in [0.3, 0.4) is 0 Å². The molecule has 0 radical (unpaired) electrons. The Balaban J connectivity index is 2.11. The van der Waals surface area contributed by atoms with E-state index in [1.54, 1.807) is 6.07 Å². The first-order valence-corrected chi connectivity index (χ1v) is 7.23. The van der Waals surface area contributed by atoms with Crippen molar-refractivity contribution in [3.05, 3.63) is 47.0 Å². The molecule has 0 spiro atoms. The monoisotopic (exact) mass is 307 g/mol. The van der Waals surface area contributed by atoms with Crippen LogP contribution in [0.25, 0.3) is 0 Å². The quantitative estimate of drug-likeness (QED) is 0.834. The topological polar surface area (TPSA) is 53.1 Å². The number of hydrogen-bond donors (Lipinski definition) is 1. The molecule has 0 saturated carbocycles. The van der Waals surface area contributed by atoms with Crippen molar-refractivity contribution in [3.63, 3.8) is 0 Å². The molecule has 6 heteroatoms. The lowest BCUT2D eigenvalue weighted by Gasteiger charge is -2.09. The maximum atomic E-state index is 13.8. The van der Waals surface area contributed by atoms with Crippen molar-refractivity contribution < 1.29 is 9.13 Å². The minimum atomic E-state index is -0.474. The molecule has 0 saturated heterocycles. The molecule has 0 unspecified atom stereocenters. The van der Waals surface area contributed by atoms with Crippen molar-refractivity contribution in [2.24, 2.45) is 5.73 Å². The minimum absolute atomic E-state index is 0.0377. The number of rotatable bonds is 6. The fraction of sp³-hybridized carbons (Fsp3) is 0.333. The molecule has 0 aliphatic heterocycles. The Morgan fingerprint density at radius 1 is 1.38 bits per heavy atom. The zero-order chi connectivity index (χ0) is 15.4. The molecule has 1 heterocycles. The fourth-order valence-corrected chi connectivity index (χ4v) is 2.19. The van der Waals surface area contributed by atoms with Gasteiger partial charge in [-0.3, -0.25) is 4.68 Å². The first-order chi connectivity index (χ1) is 10.0. The van der Waals surface area contributed by atoms with Gasteiger partial charge >= 0.3 is 0 Å². The van der Waals surface area contributed by atoms with Gasteiger partial charge < -0.3 is 10.5 Å². The third-order valence-electron chi connectivity index (χ3n) is 3.17. The molecule has 0 fully saturated rings. The second-order valence-electron chi connectivity index (χ2n) is 4.59. The minimum Gasteiger partial charge on any atom is -0.487 e. The van der Waals surface area contributed by atoms with Crippen LogP contribution >= 0.6 is 12.2 Å². The first kappa shape index (κ1) is 15.4. The van der Waals surface area contributed by atoms with Gasteiger partial charge in [0.15, 0.2) is 0 Å². The zero-order valence-corrected chi connectivity index (χ0v) is 12.9. The molecule has 2 N–H and O–H groups in total. The van der Waals surface area contributed by atoms with Crippen molar-refractivity contribution in [3.8, 4) is 5.75 Å². The molecule has 2 aromatic rings. The van der Waals surface area contributed by atoms with E-state index in [9.17, 15) is 4.39 Å². The summed E-state index contributed by atoms with van der Waals surface area (Å²) in [6, 6.07) is 6.48. The summed E-state index contributed by atoms with van der Waals surface area (Å²) in [5.74, 6) is -0.0346. The van der Waals surface area contributed by atoms with E-state index in [4.69, 9.17) is 22.7 Å². The standard InChI is InChI=1S/C15H18FN3OS/c1-3-10-7-11(19(4-2)18-10)9-20-12-5-6-13(15(17)21)14(16)8-12/h5-8H,3-4,9H2,1-2H3,(H2,17,21). The first-order valence-electron chi connectivity index (χ1n) is 6.82. The third-order valence-corrected chi connectivity index (χ3v) is 3.39. The van der Waals surface area contributed by atoms with Crippen LogP contribution in [-0.4, -0.2) is 14.8 Å². The smallest absolute Gasteiger partial charge is 0.137 e. The van der Waals surface area contributed by atoms with E-state index in [0.29, 0.717) is 12.4 Å². The third kappa shape index (κ3) is 3.58. The summed E-state index contributed by atoms with van der Waals surface area (Å²) in [5, 5.41) is 4.44. The summed E-state index contributed by atoms with van der Waals surface area (Å²) < 4.78 is 21.3. The van der Waals surface area contributed by atoms with Gasteiger partial charge in [-0.05, 0) is 31.5 Å². The lowest BCUT2D eigenvalue weighted by Crippen LogP contribution is -2.11. The number of thiocarbonyl (C=S) groups is 1. The Hall–Kier alpha value is -1.95. The molecule has 0 atom stereocenters. The molecule has 0 aliphatic carbocycles. The van der Waals surface area contributed by atoms with Crippen molar-refractivity contribution in [2.75, 3.05) is 0 Å². The molecule has 2 rings (SSSR count). The Labute approximate surface area is 128 Å². The maximum absolute atomic E-state index is 13.8. The molecule has 1 aromatic carbocycles. The van der Waals surface area contributed by atoms with Crippen LogP contribution in [0.1, 0.15) is 30.8 Å². The van der Waals surface area contributed by atoms with E-state index in [-0.39, 0.29) is 10.6 Å². The molecule has 0 bridgehead atoms. The van der Waals surface area contributed by atoms with E-state index < -0.39 is 5.82 Å². The van der Waals surface area contributed by atoms with Crippen LogP contribution in [-0.2, 0) is 19.6 Å². The molecule has 0 aliphatic rings. The summed E-state index contributed by atoms with van der Waals surface area (Å²) in [7, 11) is 0. The number of halogens is 1. The molecule has 112 valence electrons. The number of nitrogens with two attached hydrogens (primary N) is 1. The number of aromatic nitrogens is 2. The second kappa shape index (κ2) is 6.67. The lowest BCUT2D eigenvalue weighted by molar-refractivity contribution is 0.291. The lowest BCUT2D eigenvalue weighted by atomic mass is 10.2. The van der Waals surface area contributed by atoms with E-state index >= 15 is 0 Å². The van der Waals surface area contributed by atoms with E-state index in [1.807, 2.05) is 17.7 Å². The highest BCUT2D eigenvalue weighted by molar-refractivity contribution is 7.80. The number of nitrogens with zero attached hydrogens (tertiary/aromatic N) is 2.